The molecule has 125 valence electrons. The highest BCUT2D eigenvalue weighted by Gasteiger charge is 2.39. The third-order valence-electron chi connectivity index (χ3n) is 3.28. The maximum Gasteiger partial charge on any atom is 0.500 e. The van der Waals surface area contributed by atoms with Crippen LogP contribution in [0.4, 0.5) is 0 Å². The first-order valence-electron chi connectivity index (χ1n) is 8.19. The number of hydrogen-bond donors (Lipinski definition) is 1. The molecular formula is C17H30NO3Si. The highest BCUT2D eigenvalue weighted by Crippen LogP contribution is 2.17. The van der Waals surface area contributed by atoms with Crippen LogP contribution in [0.25, 0.3) is 0 Å². The second-order valence-electron chi connectivity index (χ2n) is 5.08. The van der Waals surface area contributed by atoms with Crippen molar-refractivity contribution in [2.45, 2.75) is 39.8 Å². The maximum atomic E-state index is 5.85. The van der Waals surface area contributed by atoms with Crippen molar-refractivity contribution in [2.75, 3.05) is 26.4 Å². The summed E-state index contributed by atoms with van der Waals surface area (Å²) in [6, 6.07) is 9.14. The first kappa shape index (κ1) is 19.3. The van der Waals surface area contributed by atoms with Gasteiger partial charge in [0.15, 0.2) is 0 Å². The lowest BCUT2D eigenvalue weighted by molar-refractivity contribution is 0.0708. The predicted molar refractivity (Wildman–Crippen MR) is 92.7 cm³/mol. The summed E-state index contributed by atoms with van der Waals surface area (Å²) in [5, 5.41) is 3.46. The van der Waals surface area contributed by atoms with Gasteiger partial charge in [0, 0.05) is 32.4 Å². The molecule has 0 heterocycles. The molecule has 0 bridgehead atoms. The van der Waals surface area contributed by atoms with Gasteiger partial charge in [0.25, 0.3) is 0 Å². The van der Waals surface area contributed by atoms with Crippen molar-refractivity contribution in [3.05, 3.63) is 42.3 Å². The Balaban J connectivity index is 2.33. The zero-order chi connectivity index (χ0) is 16.3. The first-order chi connectivity index (χ1) is 10.7. The Hall–Kier alpha value is -0.723. The summed E-state index contributed by atoms with van der Waals surface area (Å²) >= 11 is 0. The highest BCUT2D eigenvalue weighted by atomic mass is 28.4. The summed E-state index contributed by atoms with van der Waals surface area (Å²) in [5.41, 5.74) is 2.32. The smallest absolute Gasteiger partial charge is 0.374 e. The van der Waals surface area contributed by atoms with Gasteiger partial charge in [-0.3, -0.25) is 0 Å². The molecule has 22 heavy (non-hydrogen) atoms. The van der Waals surface area contributed by atoms with Crippen LogP contribution < -0.4 is 5.32 Å². The molecule has 0 aliphatic heterocycles. The second kappa shape index (κ2) is 10.9. The summed E-state index contributed by atoms with van der Waals surface area (Å²) in [7, 11) is -2.48. The lowest BCUT2D eigenvalue weighted by Crippen LogP contribution is -2.46. The number of benzene rings is 1. The van der Waals surface area contributed by atoms with E-state index >= 15 is 0 Å². The molecule has 0 aliphatic carbocycles. The molecule has 0 unspecified atom stereocenters. The molecule has 5 heteroatoms. The van der Waals surface area contributed by atoms with Gasteiger partial charge in [0.05, 0.1) is 0 Å². The molecule has 0 amide bonds. The van der Waals surface area contributed by atoms with E-state index < -0.39 is 8.80 Å². The largest absolute Gasteiger partial charge is 0.500 e. The molecule has 0 spiro atoms. The van der Waals surface area contributed by atoms with Crippen molar-refractivity contribution < 1.29 is 13.3 Å². The maximum absolute atomic E-state index is 5.85. The number of hydrogen-bond acceptors (Lipinski definition) is 4. The van der Waals surface area contributed by atoms with Crippen molar-refractivity contribution in [2.24, 2.45) is 0 Å². The van der Waals surface area contributed by atoms with E-state index in [1.807, 2.05) is 32.9 Å². The molecule has 0 aromatic heterocycles. The predicted octanol–water partition coefficient (Wildman–Crippen LogP) is 3.40. The summed E-state index contributed by atoms with van der Waals surface area (Å²) in [5.74, 6) is 0. The Morgan fingerprint density at radius 1 is 0.955 bits per heavy atom. The number of rotatable bonds is 12. The van der Waals surface area contributed by atoms with Crippen LogP contribution in [0.1, 0.15) is 38.3 Å². The van der Waals surface area contributed by atoms with Crippen LogP contribution >= 0.6 is 0 Å². The molecule has 1 rings (SSSR count). The van der Waals surface area contributed by atoms with Gasteiger partial charge in [0.1, 0.15) is 0 Å². The van der Waals surface area contributed by atoms with E-state index in [-0.39, 0.29) is 0 Å². The van der Waals surface area contributed by atoms with Crippen LogP contribution in [-0.2, 0) is 19.8 Å². The fourth-order valence-corrected chi connectivity index (χ4v) is 4.93. The Labute approximate surface area is 136 Å². The van der Waals surface area contributed by atoms with Gasteiger partial charge in [0.2, 0.25) is 0 Å². The van der Waals surface area contributed by atoms with Crippen molar-refractivity contribution in [1.29, 1.82) is 0 Å². The molecule has 1 aromatic carbocycles. The fourth-order valence-electron chi connectivity index (χ4n) is 2.32. The molecule has 4 nitrogen and oxygen atoms in total. The molecule has 0 saturated heterocycles. The summed E-state index contributed by atoms with van der Waals surface area (Å²) < 4.78 is 17.5. The molecule has 0 saturated carbocycles. The van der Waals surface area contributed by atoms with Gasteiger partial charge in [-0.05, 0) is 51.8 Å². The Morgan fingerprint density at radius 2 is 1.50 bits per heavy atom. The van der Waals surface area contributed by atoms with Gasteiger partial charge in [-0.2, -0.15) is 0 Å². The minimum atomic E-state index is -2.48. The summed E-state index contributed by atoms with van der Waals surface area (Å²) in [6.07, 6.45) is 0.986. The third kappa shape index (κ3) is 7.02. The van der Waals surface area contributed by atoms with Gasteiger partial charge in [-0.15, -0.1) is 0 Å². The van der Waals surface area contributed by atoms with Crippen molar-refractivity contribution >= 4 is 8.80 Å². The van der Waals surface area contributed by atoms with Crippen LogP contribution in [0, 0.1) is 6.92 Å². The van der Waals surface area contributed by atoms with E-state index in [0.717, 1.165) is 31.1 Å². The average Bonchev–Trinajstić information content (AvgIpc) is 2.50. The van der Waals surface area contributed by atoms with Gasteiger partial charge in [-0.25, -0.2) is 0 Å². The quantitative estimate of drug-likeness (QED) is 0.472. The lowest BCUT2D eigenvalue weighted by atomic mass is 10.1. The van der Waals surface area contributed by atoms with E-state index in [2.05, 4.69) is 24.4 Å². The van der Waals surface area contributed by atoms with Crippen LogP contribution in [0.5, 0.6) is 0 Å². The SMILES string of the molecule is [CH2]c1ccc(CNCCC[Si](OCC)(OCC)OCC)cc1. The first-order valence-corrected chi connectivity index (χ1v) is 10.1. The Kier molecular flexibility index (Phi) is 9.59. The monoisotopic (exact) mass is 324 g/mol. The topological polar surface area (TPSA) is 39.7 Å². The third-order valence-corrected chi connectivity index (χ3v) is 6.43. The standard InChI is InChI=1S/C17H30NO3Si/c1-5-19-22(20-6-2,21-7-3)14-8-13-18-15-17-11-9-16(4)10-12-17/h9-12,18H,4-8,13-15H2,1-3H3. The van der Waals surface area contributed by atoms with Crippen molar-refractivity contribution in [1.82, 2.24) is 5.32 Å². The van der Waals surface area contributed by atoms with E-state index in [1.54, 1.807) is 0 Å². The second-order valence-corrected chi connectivity index (χ2v) is 7.81. The molecular weight excluding hydrogens is 294 g/mol. The van der Waals surface area contributed by atoms with Crippen LogP contribution in [-0.4, -0.2) is 35.2 Å². The minimum absolute atomic E-state index is 0.636. The zero-order valence-electron chi connectivity index (χ0n) is 14.2. The van der Waals surface area contributed by atoms with Gasteiger partial charge in [-0.1, -0.05) is 24.3 Å². The summed E-state index contributed by atoms with van der Waals surface area (Å²) in [4.78, 5) is 0. The molecule has 0 aliphatic rings. The van der Waals surface area contributed by atoms with Gasteiger partial charge < -0.3 is 18.6 Å². The van der Waals surface area contributed by atoms with Crippen LogP contribution in [0.2, 0.25) is 6.04 Å². The molecule has 1 N–H and O–H groups in total. The summed E-state index contributed by atoms with van der Waals surface area (Å²) in [6.45, 7) is 13.6. The molecule has 1 radical (unpaired) electrons. The lowest BCUT2D eigenvalue weighted by Gasteiger charge is -2.28. The molecule has 0 fully saturated rings. The Bertz CT molecular complexity index is 380. The zero-order valence-corrected chi connectivity index (χ0v) is 15.2. The minimum Gasteiger partial charge on any atom is -0.374 e. The average molecular weight is 325 g/mol. The highest BCUT2D eigenvalue weighted by molar-refractivity contribution is 6.60. The van der Waals surface area contributed by atoms with Crippen LogP contribution in [0.3, 0.4) is 0 Å². The molecule has 0 atom stereocenters. The molecule has 1 aromatic rings. The Morgan fingerprint density at radius 3 is 2.00 bits per heavy atom. The van der Waals surface area contributed by atoms with E-state index in [0.29, 0.717) is 19.8 Å². The van der Waals surface area contributed by atoms with Crippen molar-refractivity contribution in [3.8, 4) is 0 Å². The van der Waals surface area contributed by atoms with Crippen molar-refractivity contribution in [3.63, 3.8) is 0 Å². The normalized spacial score (nSPS) is 11.8. The fraction of sp³-hybridized carbons (Fsp3) is 0.588. The van der Waals surface area contributed by atoms with E-state index in [1.165, 1.54) is 5.56 Å². The van der Waals surface area contributed by atoms with Crippen LogP contribution in [0.15, 0.2) is 24.3 Å². The number of nitrogens with one attached hydrogen (secondary N) is 1. The van der Waals surface area contributed by atoms with E-state index in [9.17, 15) is 0 Å². The van der Waals surface area contributed by atoms with E-state index in [4.69, 9.17) is 13.3 Å². The van der Waals surface area contributed by atoms with Gasteiger partial charge >= 0.3 is 8.80 Å².